The van der Waals surface area contributed by atoms with Crippen LogP contribution in [0.4, 0.5) is 0 Å². The highest BCUT2D eigenvalue weighted by Crippen LogP contribution is 2.25. The van der Waals surface area contributed by atoms with Crippen LogP contribution in [0, 0.1) is 0 Å². The second-order valence-electron chi connectivity index (χ2n) is 4.00. The molecule has 1 aromatic carbocycles. The topological polar surface area (TPSA) is 72.0 Å². The first kappa shape index (κ1) is 13.6. The number of thioether (sulfide) groups is 1. The normalized spacial score (nSPS) is 12.3. The number of H-pyrrole nitrogens is 1. The SMILES string of the molecule is COC(=O)CS[C@H](C)c1nc2ccccc2c(=O)[nH]1. The van der Waals surface area contributed by atoms with E-state index in [1.54, 1.807) is 18.2 Å². The fraction of sp³-hybridized carbons (Fsp3) is 0.308. The Morgan fingerprint density at radius 3 is 2.95 bits per heavy atom. The van der Waals surface area contributed by atoms with Crippen molar-refractivity contribution in [3.8, 4) is 0 Å². The van der Waals surface area contributed by atoms with Gasteiger partial charge in [-0.05, 0) is 19.1 Å². The van der Waals surface area contributed by atoms with Gasteiger partial charge in [0, 0.05) is 0 Å². The van der Waals surface area contributed by atoms with E-state index in [4.69, 9.17) is 0 Å². The number of para-hydroxylation sites is 1. The number of methoxy groups -OCH3 is 1. The number of ether oxygens (including phenoxy) is 1. The fourth-order valence-electron chi connectivity index (χ4n) is 1.63. The van der Waals surface area contributed by atoms with Crippen molar-refractivity contribution < 1.29 is 9.53 Å². The third-order valence-electron chi connectivity index (χ3n) is 2.70. The first-order valence-electron chi connectivity index (χ1n) is 5.79. The Bertz CT molecular complexity index is 654. The Kier molecular flexibility index (Phi) is 4.21. The molecule has 0 unspecified atom stereocenters. The monoisotopic (exact) mass is 278 g/mol. The fourth-order valence-corrected chi connectivity index (χ4v) is 2.40. The summed E-state index contributed by atoms with van der Waals surface area (Å²) in [5, 5.41) is 0.479. The lowest BCUT2D eigenvalue weighted by atomic mass is 10.2. The van der Waals surface area contributed by atoms with Crippen LogP contribution in [0.15, 0.2) is 29.1 Å². The minimum absolute atomic E-state index is 0.0867. The predicted molar refractivity (Wildman–Crippen MR) is 75.3 cm³/mol. The van der Waals surface area contributed by atoms with Crippen molar-refractivity contribution >= 4 is 28.6 Å². The predicted octanol–water partition coefficient (Wildman–Crippen LogP) is 1.89. The maximum absolute atomic E-state index is 11.9. The lowest BCUT2D eigenvalue weighted by Gasteiger charge is -2.10. The average Bonchev–Trinajstić information content (AvgIpc) is 2.44. The van der Waals surface area contributed by atoms with Gasteiger partial charge in [-0.3, -0.25) is 9.59 Å². The van der Waals surface area contributed by atoms with Gasteiger partial charge in [-0.1, -0.05) is 12.1 Å². The van der Waals surface area contributed by atoms with E-state index in [1.165, 1.54) is 18.9 Å². The van der Waals surface area contributed by atoms with Gasteiger partial charge in [-0.2, -0.15) is 0 Å². The zero-order valence-corrected chi connectivity index (χ0v) is 11.5. The summed E-state index contributed by atoms with van der Waals surface area (Å²) in [6, 6.07) is 7.17. The summed E-state index contributed by atoms with van der Waals surface area (Å²) in [4.78, 5) is 30.2. The van der Waals surface area contributed by atoms with Crippen molar-refractivity contribution in [3.63, 3.8) is 0 Å². The van der Waals surface area contributed by atoms with Crippen LogP contribution in [0.1, 0.15) is 18.0 Å². The molecule has 0 saturated carbocycles. The Balaban J connectivity index is 2.25. The van der Waals surface area contributed by atoms with E-state index in [2.05, 4.69) is 14.7 Å². The van der Waals surface area contributed by atoms with E-state index in [9.17, 15) is 9.59 Å². The smallest absolute Gasteiger partial charge is 0.315 e. The lowest BCUT2D eigenvalue weighted by molar-refractivity contribution is -0.137. The summed E-state index contributed by atoms with van der Waals surface area (Å²) in [6.45, 7) is 1.89. The Morgan fingerprint density at radius 1 is 1.47 bits per heavy atom. The first-order chi connectivity index (χ1) is 9.11. The maximum Gasteiger partial charge on any atom is 0.315 e. The standard InChI is InChI=1S/C13H14N2O3S/c1-8(19-7-11(16)18-2)12-14-10-6-4-3-5-9(10)13(17)15-12/h3-6,8H,7H2,1-2H3,(H,14,15,17)/t8-/m1/s1. The van der Waals surface area contributed by atoms with Crippen molar-refractivity contribution in [1.82, 2.24) is 9.97 Å². The van der Waals surface area contributed by atoms with Crippen LogP contribution in [0.3, 0.4) is 0 Å². The highest BCUT2D eigenvalue weighted by atomic mass is 32.2. The van der Waals surface area contributed by atoms with Crippen LogP contribution in [-0.2, 0) is 9.53 Å². The van der Waals surface area contributed by atoms with Gasteiger partial charge in [-0.15, -0.1) is 11.8 Å². The van der Waals surface area contributed by atoms with E-state index in [-0.39, 0.29) is 22.5 Å². The molecule has 1 N–H and O–H groups in total. The summed E-state index contributed by atoms with van der Waals surface area (Å²) >= 11 is 1.37. The molecule has 100 valence electrons. The molecule has 0 fully saturated rings. The molecule has 0 aliphatic rings. The number of fused-ring (bicyclic) bond motifs is 1. The van der Waals surface area contributed by atoms with Crippen molar-refractivity contribution in [2.45, 2.75) is 12.2 Å². The Morgan fingerprint density at radius 2 is 2.21 bits per heavy atom. The number of rotatable bonds is 4. The number of aromatic amines is 1. The van der Waals surface area contributed by atoms with Gasteiger partial charge in [0.05, 0.1) is 29.0 Å². The van der Waals surface area contributed by atoms with E-state index in [1.807, 2.05) is 13.0 Å². The molecule has 0 spiro atoms. The molecule has 0 saturated heterocycles. The van der Waals surface area contributed by atoms with Crippen molar-refractivity contribution in [2.75, 3.05) is 12.9 Å². The molecule has 0 amide bonds. The molecule has 1 aromatic heterocycles. The van der Waals surface area contributed by atoms with Crippen molar-refractivity contribution in [1.29, 1.82) is 0 Å². The number of hydrogen-bond acceptors (Lipinski definition) is 5. The Labute approximate surface area is 114 Å². The summed E-state index contributed by atoms with van der Waals surface area (Å²) in [5.74, 6) is 0.506. The van der Waals surface area contributed by atoms with Crippen molar-refractivity contribution in [2.24, 2.45) is 0 Å². The molecular formula is C13H14N2O3S. The number of aromatic nitrogens is 2. The van der Waals surface area contributed by atoms with E-state index in [0.29, 0.717) is 16.7 Å². The van der Waals surface area contributed by atoms with Crippen LogP contribution >= 0.6 is 11.8 Å². The number of carbonyl (C=O) groups excluding carboxylic acids is 1. The highest BCUT2D eigenvalue weighted by molar-refractivity contribution is 8.00. The maximum atomic E-state index is 11.9. The summed E-state index contributed by atoms with van der Waals surface area (Å²) < 4.78 is 4.58. The molecule has 19 heavy (non-hydrogen) atoms. The van der Waals surface area contributed by atoms with Gasteiger partial charge < -0.3 is 9.72 Å². The molecule has 0 radical (unpaired) electrons. The second-order valence-corrected chi connectivity index (χ2v) is 5.33. The molecule has 1 heterocycles. The highest BCUT2D eigenvalue weighted by Gasteiger charge is 2.13. The van der Waals surface area contributed by atoms with Gasteiger partial charge in [0.25, 0.3) is 5.56 Å². The number of hydrogen-bond donors (Lipinski definition) is 1. The largest absolute Gasteiger partial charge is 0.468 e. The number of nitrogens with zero attached hydrogens (tertiary/aromatic N) is 1. The minimum atomic E-state index is -0.292. The van der Waals surface area contributed by atoms with Crippen molar-refractivity contribution in [3.05, 3.63) is 40.4 Å². The molecule has 2 rings (SSSR count). The third-order valence-corrected chi connectivity index (χ3v) is 3.82. The Hall–Kier alpha value is -1.82. The third kappa shape index (κ3) is 3.14. The van der Waals surface area contributed by atoms with Gasteiger partial charge in [-0.25, -0.2) is 4.98 Å². The van der Waals surface area contributed by atoms with E-state index < -0.39 is 0 Å². The zero-order valence-electron chi connectivity index (χ0n) is 10.7. The molecule has 2 aromatic rings. The summed E-state index contributed by atoms with van der Waals surface area (Å²) in [5.41, 5.74) is 0.498. The van der Waals surface area contributed by atoms with E-state index in [0.717, 1.165) is 0 Å². The average molecular weight is 278 g/mol. The summed E-state index contributed by atoms with van der Waals surface area (Å²) in [7, 11) is 1.35. The quantitative estimate of drug-likeness (QED) is 0.865. The van der Waals surface area contributed by atoms with Crippen LogP contribution in [0.5, 0.6) is 0 Å². The summed E-state index contributed by atoms with van der Waals surface area (Å²) in [6.07, 6.45) is 0. The lowest BCUT2D eigenvalue weighted by Crippen LogP contribution is -2.13. The molecular weight excluding hydrogens is 264 g/mol. The number of esters is 1. The van der Waals surface area contributed by atoms with Gasteiger partial charge in [0.15, 0.2) is 0 Å². The van der Waals surface area contributed by atoms with Crippen LogP contribution in [-0.4, -0.2) is 28.8 Å². The van der Waals surface area contributed by atoms with Gasteiger partial charge in [0.2, 0.25) is 0 Å². The van der Waals surface area contributed by atoms with E-state index >= 15 is 0 Å². The van der Waals surface area contributed by atoms with Gasteiger partial charge >= 0.3 is 5.97 Å². The number of carbonyl (C=O) groups is 1. The molecule has 5 nitrogen and oxygen atoms in total. The van der Waals surface area contributed by atoms with Crippen LogP contribution in [0.2, 0.25) is 0 Å². The minimum Gasteiger partial charge on any atom is -0.468 e. The van der Waals surface area contributed by atoms with Crippen LogP contribution < -0.4 is 5.56 Å². The molecule has 0 aliphatic carbocycles. The first-order valence-corrected chi connectivity index (χ1v) is 6.84. The zero-order chi connectivity index (χ0) is 13.8. The number of nitrogens with one attached hydrogen (secondary N) is 1. The molecule has 1 atom stereocenters. The van der Waals surface area contributed by atoms with Gasteiger partial charge in [0.1, 0.15) is 5.82 Å². The molecule has 6 heteroatoms. The second kappa shape index (κ2) is 5.88. The number of benzene rings is 1. The van der Waals surface area contributed by atoms with Crippen LogP contribution in [0.25, 0.3) is 10.9 Å². The molecule has 0 bridgehead atoms. The molecule has 0 aliphatic heterocycles.